The van der Waals surface area contributed by atoms with Crippen molar-refractivity contribution in [3.63, 3.8) is 0 Å². The van der Waals surface area contributed by atoms with E-state index in [2.05, 4.69) is 25.2 Å². The predicted molar refractivity (Wildman–Crippen MR) is 71.7 cm³/mol. The summed E-state index contributed by atoms with van der Waals surface area (Å²) >= 11 is 0. The Morgan fingerprint density at radius 1 is 1.11 bits per heavy atom. The smallest absolute Gasteiger partial charge is 0.324 e. The molecule has 1 aromatic heterocycles. The lowest BCUT2D eigenvalue weighted by Crippen LogP contribution is -2.33. The van der Waals surface area contributed by atoms with E-state index in [4.69, 9.17) is 9.47 Å². The number of nitrogens with one attached hydrogen (secondary N) is 1. The third kappa shape index (κ3) is 4.20. The maximum atomic E-state index is 5.57. The summed E-state index contributed by atoms with van der Waals surface area (Å²) in [5.74, 6) is 0.444. The van der Waals surface area contributed by atoms with E-state index in [9.17, 15) is 0 Å². The van der Waals surface area contributed by atoms with E-state index in [1.807, 2.05) is 0 Å². The summed E-state index contributed by atoms with van der Waals surface area (Å²) in [6, 6.07) is 0.556. The highest BCUT2D eigenvalue weighted by atomic mass is 16.5. The normalized spacial score (nSPS) is 16.1. The first kappa shape index (κ1) is 13.8. The fourth-order valence-corrected chi connectivity index (χ4v) is 2.05. The van der Waals surface area contributed by atoms with Crippen molar-refractivity contribution in [2.24, 2.45) is 0 Å². The molecule has 2 rings (SSSR count). The Morgan fingerprint density at radius 2 is 1.84 bits per heavy atom. The molecule has 0 aliphatic carbocycles. The van der Waals surface area contributed by atoms with Crippen molar-refractivity contribution >= 4 is 5.95 Å². The fraction of sp³-hybridized carbons (Fsp3) is 0.750. The minimum atomic E-state index is 0.257. The fourth-order valence-electron chi connectivity index (χ4n) is 2.05. The molecule has 0 radical (unpaired) electrons. The molecule has 1 saturated heterocycles. The van der Waals surface area contributed by atoms with Gasteiger partial charge in [0.15, 0.2) is 0 Å². The van der Waals surface area contributed by atoms with Crippen LogP contribution in [0.5, 0.6) is 12.0 Å². The van der Waals surface area contributed by atoms with Crippen molar-refractivity contribution in [3.8, 4) is 12.0 Å². The standard InChI is InChI=1S/C12H21N5O2/c1-13-10-14-11(18-2)16-12(15-10)19-9-8-17-6-4-3-5-7-17/h3-9H2,1-2H3,(H,13,14,15,16). The number of aromatic nitrogens is 3. The van der Waals surface area contributed by atoms with Crippen molar-refractivity contribution in [2.45, 2.75) is 19.3 Å². The van der Waals surface area contributed by atoms with E-state index in [0.29, 0.717) is 18.6 Å². The van der Waals surface area contributed by atoms with Gasteiger partial charge >= 0.3 is 12.0 Å². The minimum Gasteiger partial charge on any atom is -0.467 e. The lowest BCUT2D eigenvalue weighted by Gasteiger charge is -2.25. The van der Waals surface area contributed by atoms with Crippen LogP contribution in [-0.4, -0.2) is 60.3 Å². The van der Waals surface area contributed by atoms with Gasteiger partial charge in [-0.25, -0.2) is 0 Å². The monoisotopic (exact) mass is 267 g/mol. The molecule has 1 aliphatic rings. The molecule has 0 amide bonds. The maximum absolute atomic E-state index is 5.57. The third-order valence-electron chi connectivity index (χ3n) is 3.09. The van der Waals surface area contributed by atoms with Gasteiger partial charge in [0.05, 0.1) is 7.11 Å². The first-order chi connectivity index (χ1) is 9.31. The summed E-state index contributed by atoms with van der Waals surface area (Å²) in [6.45, 7) is 3.80. The molecule has 0 bridgehead atoms. The van der Waals surface area contributed by atoms with Crippen molar-refractivity contribution in [1.29, 1.82) is 0 Å². The van der Waals surface area contributed by atoms with Crippen LogP contribution in [0.1, 0.15) is 19.3 Å². The molecule has 7 heteroatoms. The molecule has 0 spiro atoms. The molecule has 7 nitrogen and oxygen atoms in total. The van der Waals surface area contributed by atoms with E-state index >= 15 is 0 Å². The van der Waals surface area contributed by atoms with Crippen LogP contribution >= 0.6 is 0 Å². The SMILES string of the molecule is CNc1nc(OC)nc(OCCN2CCCCC2)n1. The van der Waals surface area contributed by atoms with Gasteiger partial charge < -0.3 is 14.8 Å². The lowest BCUT2D eigenvalue weighted by atomic mass is 10.1. The summed E-state index contributed by atoms with van der Waals surface area (Å²) in [5.41, 5.74) is 0. The number of hydrogen-bond acceptors (Lipinski definition) is 7. The number of methoxy groups -OCH3 is 1. The van der Waals surface area contributed by atoms with Crippen molar-refractivity contribution in [3.05, 3.63) is 0 Å². The van der Waals surface area contributed by atoms with E-state index in [1.54, 1.807) is 7.05 Å². The molecular formula is C12H21N5O2. The van der Waals surface area contributed by atoms with Gasteiger partial charge in [0.1, 0.15) is 6.61 Å². The number of piperidine rings is 1. The Morgan fingerprint density at radius 3 is 2.53 bits per heavy atom. The lowest BCUT2D eigenvalue weighted by molar-refractivity contribution is 0.176. The second kappa shape index (κ2) is 7.08. The summed E-state index contributed by atoms with van der Waals surface area (Å²) in [7, 11) is 3.26. The average molecular weight is 267 g/mol. The quantitative estimate of drug-likeness (QED) is 0.816. The Labute approximate surface area is 113 Å². The van der Waals surface area contributed by atoms with Crippen molar-refractivity contribution in [1.82, 2.24) is 19.9 Å². The van der Waals surface area contributed by atoms with Gasteiger partial charge in [0.2, 0.25) is 5.95 Å². The molecule has 1 fully saturated rings. The predicted octanol–water partition coefficient (Wildman–Crippen LogP) is 0.787. The summed E-state index contributed by atoms with van der Waals surface area (Å²) in [5, 5.41) is 2.85. The number of ether oxygens (including phenoxy) is 2. The molecule has 0 aromatic carbocycles. The minimum absolute atomic E-state index is 0.257. The zero-order valence-electron chi connectivity index (χ0n) is 11.6. The van der Waals surface area contributed by atoms with Gasteiger partial charge in [-0.1, -0.05) is 6.42 Å². The molecule has 2 heterocycles. The second-order valence-corrected chi connectivity index (χ2v) is 4.43. The molecule has 106 valence electrons. The highest BCUT2D eigenvalue weighted by Gasteiger charge is 2.11. The summed E-state index contributed by atoms with van der Waals surface area (Å²) in [4.78, 5) is 14.6. The highest BCUT2D eigenvalue weighted by Crippen LogP contribution is 2.12. The topological polar surface area (TPSA) is 72.4 Å². The summed E-state index contributed by atoms with van der Waals surface area (Å²) < 4.78 is 10.6. The van der Waals surface area contributed by atoms with Gasteiger partial charge in [0.25, 0.3) is 0 Å². The molecule has 1 aromatic rings. The second-order valence-electron chi connectivity index (χ2n) is 4.43. The van der Waals surface area contributed by atoms with Crippen LogP contribution in [0.15, 0.2) is 0 Å². The summed E-state index contributed by atoms with van der Waals surface area (Å²) in [6.07, 6.45) is 3.90. The van der Waals surface area contributed by atoms with Crippen LogP contribution in [0.25, 0.3) is 0 Å². The molecular weight excluding hydrogens is 246 g/mol. The van der Waals surface area contributed by atoms with Gasteiger partial charge in [0, 0.05) is 13.6 Å². The number of likely N-dealkylation sites (tertiary alicyclic amines) is 1. The molecule has 0 unspecified atom stereocenters. The van der Waals surface area contributed by atoms with Gasteiger partial charge in [-0.3, -0.25) is 4.90 Å². The van der Waals surface area contributed by atoms with E-state index < -0.39 is 0 Å². The Hall–Kier alpha value is -1.63. The molecule has 0 atom stereocenters. The molecule has 0 saturated carbocycles. The molecule has 1 aliphatic heterocycles. The van der Waals surface area contributed by atoms with Crippen molar-refractivity contribution < 1.29 is 9.47 Å². The van der Waals surface area contributed by atoms with Crippen LogP contribution in [0, 0.1) is 0 Å². The Bertz CT molecular complexity index is 373. The maximum Gasteiger partial charge on any atom is 0.324 e. The molecule has 19 heavy (non-hydrogen) atoms. The number of rotatable bonds is 6. The van der Waals surface area contributed by atoms with Crippen LogP contribution in [-0.2, 0) is 0 Å². The van der Waals surface area contributed by atoms with Gasteiger partial charge in [-0.05, 0) is 25.9 Å². The first-order valence-electron chi connectivity index (χ1n) is 6.65. The van der Waals surface area contributed by atoms with Gasteiger partial charge in [-0.15, -0.1) is 4.98 Å². The van der Waals surface area contributed by atoms with Crippen LogP contribution in [0.3, 0.4) is 0 Å². The third-order valence-corrected chi connectivity index (χ3v) is 3.09. The average Bonchev–Trinajstić information content (AvgIpc) is 2.48. The number of hydrogen-bond donors (Lipinski definition) is 1. The number of anilines is 1. The first-order valence-corrected chi connectivity index (χ1v) is 6.65. The zero-order chi connectivity index (χ0) is 13.5. The molecule has 1 N–H and O–H groups in total. The van der Waals surface area contributed by atoms with Gasteiger partial charge in [-0.2, -0.15) is 9.97 Å². The van der Waals surface area contributed by atoms with E-state index in [1.165, 1.54) is 26.4 Å². The van der Waals surface area contributed by atoms with Crippen LogP contribution < -0.4 is 14.8 Å². The Kier molecular flexibility index (Phi) is 5.14. The highest BCUT2D eigenvalue weighted by molar-refractivity contribution is 5.26. The van der Waals surface area contributed by atoms with E-state index in [0.717, 1.165) is 19.6 Å². The van der Waals surface area contributed by atoms with Crippen molar-refractivity contribution in [2.75, 3.05) is 45.7 Å². The van der Waals surface area contributed by atoms with E-state index in [-0.39, 0.29) is 6.01 Å². The van der Waals surface area contributed by atoms with Crippen LogP contribution in [0.2, 0.25) is 0 Å². The number of nitrogens with zero attached hydrogens (tertiary/aromatic N) is 4. The zero-order valence-corrected chi connectivity index (χ0v) is 11.6. The largest absolute Gasteiger partial charge is 0.467 e. The van der Waals surface area contributed by atoms with Crippen LogP contribution in [0.4, 0.5) is 5.95 Å². The Balaban J connectivity index is 1.84.